The zero-order chi connectivity index (χ0) is 13.0. The van der Waals surface area contributed by atoms with Gasteiger partial charge < -0.3 is 10.6 Å². The van der Waals surface area contributed by atoms with Gasteiger partial charge in [-0.2, -0.15) is 0 Å². The van der Waals surface area contributed by atoms with Crippen LogP contribution in [0.1, 0.15) is 44.6 Å². The maximum absolute atomic E-state index is 11.8. The van der Waals surface area contributed by atoms with Gasteiger partial charge in [0.15, 0.2) is 0 Å². The van der Waals surface area contributed by atoms with Crippen molar-refractivity contribution in [1.82, 2.24) is 5.32 Å². The van der Waals surface area contributed by atoms with E-state index in [1.54, 1.807) is 0 Å². The zero-order valence-electron chi connectivity index (χ0n) is 11.6. The van der Waals surface area contributed by atoms with Gasteiger partial charge >= 0.3 is 0 Å². The molecule has 19 heavy (non-hydrogen) atoms. The Hall–Kier alpha value is -1.06. The van der Waals surface area contributed by atoms with Crippen LogP contribution in [-0.2, 0) is 4.79 Å². The topological polar surface area (TPSA) is 41.1 Å². The summed E-state index contributed by atoms with van der Waals surface area (Å²) in [5, 5.41) is 6.29. The number of carbonyl (C=O) groups excluding carboxylic acids is 1. The number of amides is 1. The molecule has 2 N–H and O–H groups in total. The summed E-state index contributed by atoms with van der Waals surface area (Å²) in [4.78, 5) is 11.8. The molecule has 0 aromatic heterocycles. The maximum atomic E-state index is 11.8. The van der Waals surface area contributed by atoms with Crippen molar-refractivity contribution in [3.63, 3.8) is 0 Å². The summed E-state index contributed by atoms with van der Waals surface area (Å²) in [6.07, 6.45) is 2.87. The lowest BCUT2D eigenvalue weighted by Crippen LogP contribution is -2.27. The molecule has 1 fully saturated rings. The van der Waals surface area contributed by atoms with E-state index in [1.165, 1.54) is 12.0 Å². The molecule has 1 heterocycles. The van der Waals surface area contributed by atoms with Crippen LogP contribution in [0.25, 0.3) is 0 Å². The van der Waals surface area contributed by atoms with Crippen LogP contribution < -0.4 is 10.6 Å². The van der Waals surface area contributed by atoms with Gasteiger partial charge in [-0.05, 0) is 43.0 Å². The fourth-order valence-electron chi connectivity index (χ4n) is 2.32. The average molecular weight is 283 g/mol. The van der Waals surface area contributed by atoms with Gasteiger partial charge in [-0.25, -0.2) is 0 Å². The maximum Gasteiger partial charge on any atom is 0.225 e. The Morgan fingerprint density at radius 2 is 2.05 bits per heavy atom. The molecule has 1 aromatic carbocycles. The Labute approximate surface area is 121 Å². The highest BCUT2D eigenvalue weighted by Gasteiger charge is 2.17. The highest BCUT2D eigenvalue weighted by atomic mass is 35.5. The molecular weight excluding hydrogens is 260 g/mol. The summed E-state index contributed by atoms with van der Waals surface area (Å²) in [6, 6.07) is 8.48. The predicted octanol–water partition coefficient (Wildman–Crippen LogP) is 3.31. The quantitative estimate of drug-likeness (QED) is 0.889. The van der Waals surface area contributed by atoms with E-state index >= 15 is 0 Å². The van der Waals surface area contributed by atoms with Crippen LogP contribution in [0.15, 0.2) is 24.3 Å². The van der Waals surface area contributed by atoms with E-state index in [2.05, 4.69) is 36.6 Å². The van der Waals surface area contributed by atoms with Crippen LogP contribution in [0, 0.1) is 0 Å². The molecule has 0 spiro atoms. The predicted molar refractivity (Wildman–Crippen MR) is 82.1 cm³/mol. The van der Waals surface area contributed by atoms with Gasteiger partial charge in [-0.1, -0.05) is 26.0 Å². The molecule has 1 amide bonds. The number of hydrogen-bond donors (Lipinski definition) is 2. The van der Waals surface area contributed by atoms with Crippen LogP contribution in [0.5, 0.6) is 0 Å². The number of anilines is 1. The molecule has 106 valence electrons. The molecule has 2 rings (SSSR count). The number of hydrogen-bond acceptors (Lipinski definition) is 2. The standard InChI is InChI=1S/C15H22N2O.ClH/c1-11(2)12-5-7-13(8-6-12)17-15(18)10-14-4-3-9-16-14;/h5-8,11,14,16H,3-4,9-10H2,1-2H3,(H,17,18);1H. The van der Waals surface area contributed by atoms with Crippen molar-refractivity contribution in [3.05, 3.63) is 29.8 Å². The van der Waals surface area contributed by atoms with Crippen LogP contribution in [0.2, 0.25) is 0 Å². The first-order valence-corrected chi connectivity index (χ1v) is 6.78. The third-order valence-electron chi connectivity index (χ3n) is 3.46. The summed E-state index contributed by atoms with van der Waals surface area (Å²) in [7, 11) is 0. The van der Waals surface area contributed by atoms with E-state index in [0.29, 0.717) is 18.4 Å². The Balaban J connectivity index is 0.00000180. The molecule has 3 nitrogen and oxygen atoms in total. The Morgan fingerprint density at radius 1 is 1.37 bits per heavy atom. The molecule has 4 heteroatoms. The molecular formula is C15H23ClN2O. The van der Waals surface area contributed by atoms with Gasteiger partial charge in [0, 0.05) is 18.2 Å². The number of rotatable bonds is 4. The summed E-state index contributed by atoms with van der Waals surface area (Å²) in [6.45, 7) is 5.37. The number of nitrogens with one attached hydrogen (secondary N) is 2. The number of carbonyl (C=O) groups is 1. The second-order valence-corrected chi connectivity index (χ2v) is 5.32. The molecule has 1 unspecified atom stereocenters. The van der Waals surface area contributed by atoms with Crippen LogP contribution in [-0.4, -0.2) is 18.5 Å². The van der Waals surface area contributed by atoms with Gasteiger partial charge in [0.2, 0.25) is 5.91 Å². The van der Waals surface area contributed by atoms with E-state index in [4.69, 9.17) is 0 Å². The molecule has 1 atom stereocenters. The molecule has 1 aliphatic rings. The molecule has 0 bridgehead atoms. The highest BCUT2D eigenvalue weighted by molar-refractivity contribution is 5.91. The van der Waals surface area contributed by atoms with E-state index < -0.39 is 0 Å². The van der Waals surface area contributed by atoms with E-state index in [9.17, 15) is 4.79 Å². The lowest BCUT2D eigenvalue weighted by molar-refractivity contribution is -0.116. The first-order chi connectivity index (χ1) is 8.65. The minimum atomic E-state index is 0. The molecule has 0 radical (unpaired) electrons. The van der Waals surface area contributed by atoms with E-state index in [-0.39, 0.29) is 18.3 Å². The van der Waals surface area contributed by atoms with Gasteiger partial charge in [-0.3, -0.25) is 4.79 Å². The molecule has 1 aromatic rings. The highest BCUT2D eigenvalue weighted by Crippen LogP contribution is 2.17. The van der Waals surface area contributed by atoms with Crippen LogP contribution in [0.3, 0.4) is 0 Å². The van der Waals surface area contributed by atoms with Crippen molar-refractivity contribution in [2.45, 2.75) is 45.1 Å². The van der Waals surface area contributed by atoms with Gasteiger partial charge in [0.05, 0.1) is 0 Å². The minimum Gasteiger partial charge on any atom is -0.326 e. The smallest absolute Gasteiger partial charge is 0.225 e. The average Bonchev–Trinajstić information content (AvgIpc) is 2.82. The fourth-order valence-corrected chi connectivity index (χ4v) is 2.32. The van der Waals surface area contributed by atoms with Crippen molar-refractivity contribution in [2.24, 2.45) is 0 Å². The number of benzene rings is 1. The zero-order valence-corrected chi connectivity index (χ0v) is 12.4. The van der Waals surface area contributed by atoms with Crippen LogP contribution in [0.4, 0.5) is 5.69 Å². The molecule has 0 aliphatic carbocycles. The molecule has 0 saturated carbocycles. The Morgan fingerprint density at radius 3 is 2.58 bits per heavy atom. The second-order valence-electron chi connectivity index (χ2n) is 5.32. The first kappa shape index (κ1) is 16.0. The lowest BCUT2D eigenvalue weighted by Gasteiger charge is -2.11. The largest absolute Gasteiger partial charge is 0.326 e. The van der Waals surface area contributed by atoms with Crippen molar-refractivity contribution >= 4 is 24.0 Å². The second kappa shape index (κ2) is 7.51. The van der Waals surface area contributed by atoms with Gasteiger partial charge in [-0.15, -0.1) is 12.4 Å². The van der Waals surface area contributed by atoms with E-state index in [0.717, 1.165) is 18.7 Å². The van der Waals surface area contributed by atoms with E-state index in [1.807, 2.05) is 12.1 Å². The normalized spacial score (nSPS) is 18.2. The third kappa shape index (κ3) is 4.84. The minimum absolute atomic E-state index is 0. The van der Waals surface area contributed by atoms with Gasteiger partial charge in [0.25, 0.3) is 0 Å². The van der Waals surface area contributed by atoms with Crippen molar-refractivity contribution in [3.8, 4) is 0 Å². The summed E-state index contributed by atoms with van der Waals surface area (Å²) >= 11 is 0. The first-order valence-electron chi connectivity index (χ1n) is 6.78. The lowest BCUT2D eigenvalue weighted by atomic mass is 10.0. The summed E-state index contributed by atoms with van der Waals surface area (Å²) in [5.41, 5.74) is 2.19. The monoisotopic (exact) mass is 282 g/mol. The van der Waals surface area contributed by atoms with Crippen molar-refractivity contribution < 1.29 is 4.79 Å². The Bertz CT molecular complexity index is 397. The summed E-state index contributed by atoms with van der Waals surface area (Å²) in [5.74, 6) is 0.629. The van der Waals surface area contributed by atoms with Crippen molar-refractivity contribution in [2.75, 3.05) is 11.9 Å². The summed E-state index contributed by atoms with van der Waals surface area (Å²) < 4.78 is 0. The van der Waals surface area contributed by atoms with Crippen LogP contribution >= 0.6 is 12.4 Å². The SMILES string of the molecule is CC(C)c1ccc(NC(=O)CC2CCCN2)cc1.Cl. The third-order valence-corrected chi connectivity index (χ3v) is 3.46. The molecule has 1 aliphatic heterocycles. The van der Waals surface area contributed by atoms with Crippen molar-refractivity contribution in [1.29, 1.82) is 0 Å². The van der Waals surface area contributed by atoms with Gasteiger partial charge in [0.1, 0.15) is 0 Å². The molecule has 1 saturated heterocycles. The fraction of sp³-hybridized carbons (Fsp3) is 0.533. The number of halogens is 1. The Kier molecular flexibility index (Phi) is 6.32.